The van der Waals surface area contributed by atoms with Gasteiger partial charge in [0.1, 0.15) is 16.7 Å². The van der Waals surface area contributed by atoms with E-state index in [1.807, 2.05) is 6.07 Å². The largest absolute Gasteiger partial charge is 0.497 e. The molecule has 0 saturated carbocycles. The van der Waals surface area contributed by atoms with Crippen molar-refractivity contribution in [2.75, 3.05) is 11.8 Å². The lowest BCUT2D eigenvalue weighted by Gasteiger charge is -2.09. The summed E-state index contributed by atoms with van der Waals surface area (Å²) < 4.78 is 31.9. The number of nitriles is 1. The molecule has 20 heavy (non-hydrogen) atoms. The Morgan fingerprint density at radius 2 is 1.75 bits per heavy atom. The molecule has 0 saturated heterocycles. The van der Waals surface area contributed by atoms with Gasteiger partial charge in [-0.2, -0.15) is 5.26 Å². The highest BCUT2D eigenvalue weighted by atomic mass is 32.2. The van der Waals surface area contributed by atoms with E-state index in [-0.39, 0.29) is 10.5 Å². The van der Waals surface area contributed by atoms with Crippen molar-refractivity contribution in [1.82, 2.24) is 0 Å². The number of nitrogens with one attached hydrogen (secondary N) is 1. The molecule has 2 aromatic rings. The maximum atomic E-state index is 12.2. The second-order valence-electron chi connectivity index (χ2n) is 3.94. The molecular weight excluding hydrogens is 276 g/mol. The second kappa shape index (κ2) is 5.63. The first-order valence-corrected chi connectivity index (χ1v) is 7.21. The van der Waals surface area contributed by atoms with E-state index in [0.29, 0.717) is 11.4 Å². The van der Waals surface area contributed by atoms with Crippen molar-refractivity contribution < 1.29 is 13.2 Å². The van der Waals surface area contributed by atoms with Crippen molar-refractivity contribution in [3.05, 3.63) is 54.1 Å². The van der Waals surface area contributed by atoms with Gasteiger partial charge in [-0.25, -0.2) is 8.42 Å². The molecule has 0 fully saturated rings. The van der Waals surface area contributed by atoms with Crippen molar-refractivity contribution in [2.45, 2.75) is 4.90 Å². The molecule has 0 radical (unpaired) electrons. The number of hydrogen-bond donors (Lipinski definition) is 1. The normalized spacial score (nSPS) is 10.6. The number of methoxy groups -OCH3 is 1. The van der Waals surface area contributed by atoms with Crippen molar-refractivity contribution >= 4 is 15.7 Å². The summed E-state index contributed by atoms with van der Waals surface area (Å²) in [6.07, 6.45) is 0. The topological polar surface area (TPSA) is 79.2 Å². The molecule has 6 heteroatoms. The van der Waals surface area contributed by atoms with Gasteiger partial charge in [-0.05, 0) is 36.4 Å². The van der Waals surface area contributed by atoms with Gasteiger partial charge in [-0.1, -0.05) is 12.1 Å². The Balaban J connectivity index is 2.33. The Hall–Kier alpha value is -2.52. The van der Waals surface area contributed by atoms with Gasteiger partial charge in [0.25, 0.3) is 10.0 Å². The van der Waals surface area contributed by atoms with E-state index in [0.717, 1.165) is 0 Å². The first-order chi connectivity index (χ1) is 9.56. The molecule has 1 N–H and O–H groups in total. The van der Waals surface area contributed by atoms with Gasteiger partial charge in [-0.3, -0.25) is 4.72 Å². The van der Waals surface area contributed by atoms with Crippen LogP contribution in [0.1, 0.15) is 5.56 Å². The highest BCUT2D eigenvalue weighted by Gasteiger charge is 2.18. The predicted octanol–water partition coefficient (Wildman–Crippen LogP) is 2.37. The van der Waals surface area contributed by atoms with E-state index in [2.05, 4.69) is 4.72 Å². The van der Waals surface area contributed by atoms with E-state index in [1.165, 1.54) is 19.2 Å². The van der Waals surface area contributed by atoms with Crippen LogP contribution in [-0.4, -0.2) is 15.5 Å². The summed E-state index contributed by atoms with van der Waals surface area (Å²) >= 11 is 0. The summed E-state index contributed by atoms with van der Waals surface area (Å²) in [6, 6.07) is 14.4. The molecule has 0 unspecified atom stereocenters. The molecule has 0 atom stereocenters. The van der Waals surface area contributed by atoms with Crippen molar-refractivity contribution in [3.8, 4) is 11.8 Å². The lowest BCUT2D eigenvalue weighted by atomic mass is 10.2. The maximum Gasteiger partial charge on any atom is 0.263 e. The van der Waals surface area contributed by atoms with Crippen LogP contribution >= 0.6 is 0 Å². The third-order valence-electron chi connectivity index (χ3n) is 2.64. The predicted molar refractivity (Wildman–Crippen MR) is 75.0 cm³/mol. The number of sulfonamides is 1. The zero-order chi connectivity index (χ0) is 14.6. The van der Waals surface area contributed by atoms with Crippen molar-refractivity contribution in [3.63, 3.8) is 0 Å². The Bertz CT molecular complexity index is 747. The standard InChI is InChI=1S/C14H12N2O3S/c1-19-13-8-6-12(7-9-13)16-20(17,18)14-5-3-2-4-11(14)10-15/h2-9,16H,1H3. The van der Waals surface area contributed by atoms with Crippen molar-refractivity contribution in [2.24, 2.45) is 0 Å². The summed E-state index contributed by atoms with van der Waals surface area (Å²) in [7, 11) is -2.26. The molecule has 0 aliphatic carbocycles. The number of nitrogens with zero attached hydrogens (tertiary/aromatic N) is 1. The highest BCUT2D eigenvalue weighted by Crippen LogP contribution is 2.21. The SMILES string of the molecule is COc1ccc(NS(=O)(=O)c2ccccc2C#N)cc1. The Labute approximate surface area is 117 Å². The highest BCUT2D eigenvalue weighted by molar-refractivity contribution is 7.92. The van der Waals surface area contributed by atoms with E-state index in [4.69, 9.17) is 10.00 Å². The van der Waals surface area contributed by atoms with Gasteiger partial charge >= 0.3 is 0 Å². The minimum absolute atomic E-state index is 0.0432. The molecule has 5 nitrogen and oxygen atoms in total. The van der Waals surface area contributed by atoms with Gasteiger partial charge < -0.3 is 4.74 Å². The zero-order valence-corrected chi connectivity index (χ0v) is 11.5. The van der Waals surface area contributed by atoms with Crippen LogP contribution in [-0.2, 0) is 10.0 Å². The van der Waals surface area contributed by atoms with Crippen LogP contribution in [0.5, 0.6) is 5.75 Å². The first kappa shape index (κ1) is 13.9. The Kier molecular flexibility index (Phi) is 3.91. The zero-order valence-electron chi connectivity index (χ0n) is 10.7. The summed E-state index contributed by atoms with van der Waals surface area (Å²) in [5.74, 6) is 0.630. The summed E-state index contributed by atoms with van der Waals surface area (Å²) in [6.45, 7) is 0. The molecule has 2 aromatic carbocycles. The fourth-order valence-electron chi connectivity index (χ4n) is 1.66. The van der Waals surface area contributed by atoms with Crippen LogP contribution < -0.4 is 9.46 Å². The van der Waals surface area contributed by atoms with Crippen LogP contribution in [0.3, 0.4) is 0 Å². The fourth-order valence-corrected chi connectivity index (χ4v) is 2.88. The number of anilines is 1. The third kappa shape index (κ3) is 2.90. The minimum Gasteiger partial charge on any atom is -0.497 e. The molecular formula is C14H12N2O3S. The van der Waals surface area contributed by atoms with Gasteiger partial charge in [0.05, 0.1) is 12.7 Å². The van der Waals surface area contributed by atoms with Crippen LogP contribution in [0, 0.1) is 11.3 Å². The summed E-state index contributed by atoms with van der Waals surface area (Å²) in [5, 5.41) is 8.96. The number of ether oxygens (including phenoxy) is 1. The van der Waals surface area contributed by atoms with E-state index >= 15 is 0 Å². The smallest absolute Gasteiger partial charge is 0.263 e. The van der Waals surface area contributed by atoms with E-state index < -0.39 is 10.0 Å². The van der Waals surface area contributed by atoms with Gasteiger partial charge in [0.2, 0.25) is 0 Å². The quantitative estimate of drug-likeness (QED) is 0.936. The average molecular weight is 288 g/mol. The molecule has 0 aliphatic heterocycles. The minimum atomic E-state index is -3.79. The average Bonchev–Trinajstić information content (AvgIpc) is 2.47. The first-order valence-electron chi connectivity index (χ1n) is 5.73. The molecule has 0 aromatic heterocycles. The van der Waals surface area contributed by atoms with Crippen LogP contribution in [0.2, 0.25) is 0 Å². The van der Waals surface area contributed by atoms with E-state index in [9.17, 15) is 8.42 Å². The van der Waals surface area contributed by atoms with Gasteiger partial charge in [0, 0.05) is 5.69 Å². The third-order valence-corrected chi connectivity index (χ3v) is 4.08. The fraction of sp³-hybridized carbons (Fsp3) is 0.0714. The lowest BCUT2D eigenvalue weighted by Crippen LogP contribution is -2.14. The molecule has 0 heterocycles. The lowest BCUT2D eigenvalue weighted by molar-refractivity contribution is 0.415. The van der Waals surface area contributed by atoms with Crippen molar-refractivity contribution in [1.29, 1.82) is 5.26 Å². The molecule has 0 bridgehead atoms. The summed E-state index contributed by atoms with van der Waals surface area (Å²) in [4.78, 5) is -0.0432. The number of benzene rings is 2. The number of hydrogen-bond acceptors (Lipinski definition) is 4. The Morgan fingerprint density at radius 3 is 2.35 bits per heavy atom. The molecule has 0 amide bonds. The van der Waals surface area contributed by atoms with Crippen LogP contribution in [0.15, 0.2) is 53.4 Å². The Morgan fingerprint density at radius 1 is 1.10 bits per heavy atom. The van der Waals surface area contributed by atoms with E-state index in [1.54, 1.807) is 36.4 Å². The summed E-state index contributed by atoms with van der Waals surface area (Å²) in [5.41, 5.74) is 0.507. The van der Waals surface area contributed by atoms with Gasteiger partial charge in [-0.15, -0.1) is 0 Å². The second-order valence-corrected chi connectivity index (χ2v) is 5.59. The van der Waals surface area contributed by atoms with Crippen LogP contribution in [0.4, 0.5) is 5.69 Å². The number of rotatable bonds is 4. The molecule has 2 rings (SSSR count). The van der Waals surface area contributed by atoms with Crippen LogP contribution in [0.25, 0.3) is 0 Å². The monoisotopic (exact) mass is 288 g/mol. The molecule has 102 valence electrons. The molecule has 0 spiro atoms. The van der Waals surface area contributed by atoms with Gasteiger partial charge in [0.15, 0.2) is 0 Å². The molecule has 0 aliphatic rings. The maximum absolute atomic E-state index is 12.2.